The Balaban J connectivity index is 2.08. The number of hydrogen-bond donors (Lipinski definition) is 2. The van der Waals surface area contributed by atoms with Gasteiger partial charge in [0.1, 0.15) is 11.6 Å². The van der Waals surface area contributed by atoms with E-state index in [1.807, 2.05) is 0 Å². The molecule has 0 bridgehead atoms. The second-order valence-electron chi connectivity index (χ2n) is 6.13. The largest absolute Gasteiger partial charge is 0.396 e. The zero-order valence-electron chi connectivity index (χ0n) is 13.6. The molecule has 1 heterocycles. The number of hydrogen-bond acceptors (Lipinski definition) is 3. The van der Waals surface area contributed by atoms with Crippen LogP contribution in [0.25, 0.3) is 0 Å². The monoisotopic (exact) mass is 340 g/mol. The fourth-order valence-electron chi connectivity index (χ4n) is 2.94. The summed E-state index contributed by atoms with van der Waals surface area (Å²) in [5.41, 5.74) is 0.0881. The molecule has 0 spiro atoms. The summed E-state index contributed by atoms with van der Waals surface area (Å²) in [5, 5.41) is 11.7. The number of rotatable bonds is 5. The third kappa shape index (κ3) is 4.74. The van der Waals surface area contributed by atoms with Gasteiger partial charge < -0.3 is 15.3 Å². The number of aliphatic hydroxyl groups excluding tert-OH is 1. The molecule has 1 aromatic carbocycles. The van der Waals surface area contributed by atoms with Crippen molar-refractivity contribution in [3.05, 3.63) is 35.4 Å². The molecular formula is C17H22F2N2O3. The average molecular weight is 340 g/mol. The summed E-state index contributed by atoms with van der Waals surface area (Å²) in [6.45, 7) is 2.45. The van der Waals surface area contributed by atoms with Gasteiger partial charge in [-0.3, -0.25) is 9.59 Å². The van der Waals surface area contributed by atoms with E-state index in [-0.39, 0.29) is 30.4 Å². The third-order valence-electron chi connectivity index (χ3n) is 4.32. The maximum Gasteiger partial charge on any atom is 0.224 e. The van der Waals surface area contributed by atoms with Crippen molar-refractivity contribution in [3.63, 3.8) is 0 Å². The van der Waals surface area contributed by atoms with Crippen LogP contribution in [-0.4, -0.2) is 41.5 Å². The molecule has 1 atom stereocenters. The van der Waals surface area contributed by atoms with Gasteiger partial charge in [-0.2, -0.15) is 0 Å². The highest BCUT2D eigenvalue weighted by atomic mass is 19.1. The molecular weight excluding hydrogens is 318 g/mol. The molecule has 0 aliphatic carbocycles. The molecule has 132 valence electrons. The van der Waals surface area contributed by atoms with E-state index in [4.69, 9.17) is 5.11 Å². The van der Waals surface area contributed by atoms with Crippen LogP contribution in [-0.2, 0) is 9.59 Å². The van der Waals surface area contributed by atoms with Gasteiger partial charge in [-0.1, -0.05) is 6.07 Å². The summed E-state index contributed by atoms with van der Waals surface area (Å²) in [6.07, 6.45) is 1.35. The van der Waals surface area contributed by atoms with Crippen molar-refractivity contribution in [2.24, 2.45) is 5.92 Å². The molecule has 1 aliphatic rings. The minimum absolute atomic E-state index is 0.0881. The molecule has 1 fully saturated rings. The second-order valence-corrected chi connectivity index (χ2v) is 6.13. The van der Waals surface area contributed by atoms with Crippen molar-refractivity contribution in [1.82, 2.24) is 10.2 Å². The van der Waals surface area contributed by atoms with Gasteiger partial charge in [-0.25, -0.2) is 8.78 Å². The number of halogens is 2. The van der Waals surface area contributed by atoms with Gasteiger partial charge in [0.05, 0.1) is 12.5 Å². The Morgan fingerprint density at radius 2 is 2.00 bits per heavy atom. The van der Waals surface area contributed by atoms with E-state index in [1.54, 1.807) is 4.90 Å². The van der Waals surface area contributed by atoms with E-state index < -0.39 is 23.6 Å². The first-order chi connectivity index (χ1) is 11.4. The number of benzene rings is 1. The number of nitrogens with one attached hydrogen (secondary N) is 1. The zero-order valence-corrected chi connectivity index (χ0v) is 13.6. The quantitative estimate of drug-likeness (QED) is 0.858. The highest BCUT2D eigenvalue weighted by Gasteiger charge is 2.26. The van der Waals surface area contributed by atoms with Gasteiger partial charge in [0, 0.05) is 38.2 Å². The topological polar surface area (TPSA) is 69.6 Å². The third-order valence-corrected chi connectivity index (χ3v) is 4.32. The lowest BCUT2D eigenvalue weighted by atomic mass is 9.96. The van der Waals surface area contributed by atoms with Crippen LogP contribution in [0.15, 0.2) is 18.2 Å². The maximum atomic E-state index is 14.0. The molecule has 7 heteroatoms. The summed E-state index contributed by atoms with van der Waals surface area (Å²) in [4.78, 5) is 25.5. The Kier molecular flexibility index (Phi) is 6.25. The molecule has 2 N–H and O–H groups in total. The normalized spacial score (nSPS) is 16.8. The molecule has 0 radical (unpaired) electrons. The molecule has 5 nitrogen and oxygen atoms in total. The standard InChI is InChI=1S/C17H22F2N2O3/c1-11(23)20-16(14-3-2-13(18)8-15(14)19)9-17(24)21-6-4-12(10-22)5-7-21/h2-3,8,12,16,22H,4-7,9-10H2,1H3,(H,20,23). The predicted octanol–water partition coefficient (Wildman–Crippen LogP) is 1.76. The summed E-state index contributed by atoms with van der Waals surface area (Å²) in [6, 6.07) is 2.24. The van der Waals surface area contributed by atoms with Crippen LogP contribution >= 0.6 is 0 Å². The summed E-state index contributed by atoms with van der Waals surface area (Å²) in [7, 11) is 0. The lowest BCUT2D eigenvalue weighted by molar-refractivity contribution is -0.133. The van der Waals surface area contributed by atoms with E-state index in [2.05, 4.69) is 5.32 Å². The molecule has 1 aromatic rings. The molecule has 0 saturated carbocycles. The molecule has 1 unspecified atom stereocenters. The van der Waals surface area contributed by atoms with Crippen molar-refractivity contribution >= 4 is 11.8 Å². The van der Waals surface area contributed by atoms with E-state index in [1.165, 1.54) is 13.0 Å². The first-order valence-corrected chi connectivity index (χ1v) is 8.01. The van der Waals surface area contributed by atoms with Crippen LogP contribution in [0.3, 0.4) is 0 Å². The van der Waals surface area contributed by atoms with Crippen molar-refractivity contribution < 1.29 is 23.5 Å². The summed E-state index contributed by atoms with van der Waals surface area (Å²) in [5.74, 6) is -1.89. The number of carbonyl (C=O) groups is 2. The van der Waals surface area contributed by atoms with Crippen LogP contribution in [0, 0.1) is 17.6 Å². The number of aliphatic hydroxyl groups is 1. The van der Waals surface area contributed by atoms with E-state index in [0.29, 0.717) is 13.1 Å². The zero-order chi connectivity index (χ0) is 17.7. The van der Waals surface area contributed by atoms with Crippen LogP contribution in [0.4, 0.5) is 8.78 Å². The Bertz CT molecular complexity index is 601. The van der Waals surface area contributed by atoms with Crippen LogP contribution in [0.1, 0.15) is 37.8 Å². The van der Waals surface area contributed by atoms with Crippen LogP contribution in [0.5, 0.6) is 0 Å². The Hall–Kier alpha value is -2.02. The Morgan fingerprint density at radius 3 is 2.54 bits per heavy atom. The van der Waals surface area contributed by atoms with Gasteiger partial charge in [0.25, 0.3) is 0 Å². The maximum absolute atomic E-state index is 14.0. The van der Waals surface area contributed by atoms with Crippen molar-refractivity contribution in [2.45, 2.75) is 32.2 Å². The van der Waals surface area contributed by atoms with Gasteiger partial charge >= 0.3 is 0 Å². The van der Waals surface area contributed by atoms with Crippen molar-refractivity contribution in [2.75, 3.05) is 19.7 Å². The molecule has 2 amide bonds. The summed E-state index contributed by atoms with van der Waals surface area (Å²) < 4.78 is 27.1. The fraction of sp³-hybridized carbons (Fsp3) is 0.529. The van der Waals surface area contributed by atoms with Crippen molar-refractivity contribution in [1.29, 1.82) is 0 Å². The highest BCUT2D eigenvalue weighted by Crippen LogP contribution is 2.24. The number of piperidine rings is 1. The molecule has 0 aromatic heterocycles. The van der Waals surface area contributed by atoms with Crippen LogP contribution in [0.2, 0.25) is 0 Å². The van der Waals surface area contributed by atoms with E-state index in [9.17, 15) is 18.4 Å². The van der Waals surface area contributed by atoms with Crippen molar-refractivity contribution in [3.8, 4) is 0 Å². The molecule has 1 aliphatic heterocycles. The first kappa shape index (κ1) is 18.3. The lowest BCUT2D eigenvalue weighted by Gasteiger charge is -2.32. The Morgan fingerprint density at radius 1 is 1.33 bits per heavy atom. The van der Waals surface area contributed by atoms with Gasteiger partial charge in [0.2, 0.25) is 11.8 Å². The predicted molar refractivity (Wildman–Crippen MR) is 83.9 cm³/mol. The minimum Gasteiger partial charge on any atom is -0.396 e. The second kappa shape index (κ2) is 8.19. The number of amides is 2. The average Bonchev–Trinajstić information content (AvgIpc) is 2.54. The SMILES string of the molecule is CC(=O)NC(CC(=O)N1CCC(CO)CC1)c1ccc(F)cc1F. The van der Waals surface area contributed by atoms with Crippen LogP contribution < -0.4 is 5.32 Å². The summed E-state index contributed by atoms with van der Waals surface area (Å²) >= 11 is 0. The number of carbonyl (C=O) groups excluding carboxylic acids is 2. The lowest BCUT2D eigenvalue weighted by Crippen LogP contribution is -2.41. The van der Waals surface area contributed by atoms with Gasteiger partial charge in [0.15, 0.2) is 0 Å². The fourth-order valence-corrected chi connectivity index (χ4v) is 2.94. The molecule has 1 saturated heterocycles. The number of likely N-dealkylation sites (tertiary alicyclic amines) is 1. The van der Waals surface area contributed by atoms with Gasteiger partial charge in [-0.05, 0) is 24.8 Å². The molecule has 2 rings (SSSR count). The van der Waals surface area contributed by atoms with E-state index >= 15 is 0 Å². The smallest absolute Gasteiger partial charge is 0.224 e. The highest BCUT2D eigenvalue weighted by molar-refractivity contribution is 5.79. The minimum atomic E-state index is -0.842. The number of nitrogens with zero attached hydrogens (tertiary/aromatic N) is 1. The van der Waals surface area contributed by atoms with E-state index in [0.717, 1.165) is 25.0 Å². The Labute approximate surface area is 139 Å². The molecule has 24 heavy (non-hydrogen) atoms. The van der Waals surface area contributed by atoms with Gasteiger partial charge in [-0.15, -0.1) is 0 Å². The first-order valence-electron chi connectivity index (χ1n) is 8.01.